The number of thiazole rings is 1. The maximum atomic E-state index is 4.49. The van der Waals surface area contributed by atoms with E-state index in [-0.39, 0.29) is 0 Å². The number of nitrogens with zero attached hydrogens (tertiary/aromatic N) is 1. The summed E-state index contributed by atoms with van der Waals surface area (Å²) in [7, 11) is 0. The van der Waals surface area contributed by atoms with Crippen LogP contribution in [0, 0.1) is 6.92 Å². The first-order chi connectivity index (χ1) is 7.58. The molecule has 3 heteroatoms. The monoisotopic (exact) mass is 295 g/mol. The van der Waals surface area contributed by atoms with Gasteiger partial charge in [-0.15, -0.1) is 11.3 Å². The van der Waals surface area contributed by atoms with E-state index in [1.54, 1.807) is 11.3 Å². The highest BCUT2D eigenvalue weighted by Crippen LogP contribution is 2.34. The van der Waals surface area contributed by atoms with E-state index >= 15 is 0 Å². The second-order valence-corrected chi connectivity index (χ2v) is 6.12. The second kappa shape index (κ2) is 4.68. The van der Waals surface area contributed by atoms with Gasteiger partial charge in [0.1, 0.15) is 5.01 Å². The van der Waals surface area contributed by atoms with Crippen molar-refractivity contribution >= 4 is 27.3 Å². The van der Waals surface area contributed by atoms with E-state index in [0.717, 1.165) is 9.48 Å². The topological polar surface area (TPSA) is 12.9 Å². The molecule has 0 aliphatic rings. The summed E-state index contributed by atoms with van der Waals surface area (Å²) in [6.45, 7) is 6.49. The minimum absolute atomic E-state index is 0.551. The Hall–Kier alpha value is -0.670. The number of aryl methyl sites for hydroxylation is 1. The summed E-state index contributed by atoms with van der Waals surface area (Å²) >= 11 is 5.37. The fraction of sp³-hybridized carbons (Fsp3) is 0.308. The Balaban J connectivity index is 2.42. The van der Waals surface area contributed by atoms with E-state index in [0.29, 0.717) is 5.92 Å². The van der Waals surface area contributed by atoms with Gasteiger partial charge in [-0.25, -0.2) is 4.98 Å². The van der Waals surface area contributed by atoms with Crippen LogP contribution in [0.2, 0.25) is 0 Å². The molecule has 0 N–H and O–H groups in total. The first kappa shape index (κ1) is 11.8. The lowest BCUT2D eigenvalue weighted by Gasteiger charge is -2.02. The van der Waals surface area contributed by atoms with Crippen molar-refractivity contribution in [2.24, 2.45) is 0 Å². The average molecular weight is 296 g/mol. The summed E-state index contributed by atoms with van der Waals surface area (Å²) < 4.78 is 1.12. The van der Waals surface area contributed by atoms with Crippen molar-refractivity contribution in [3.05, 3.63) is 39.3 Å². The van der Waals surface area contributed by atoms with Gasteiger partial charge >= 0.3 is 0 Å². The van der Waals surface area contributed by atoms with Gasteiger partial charge in [-0.3, -0.25) is 0 Å². The normalized spacial score (nSPS) is 11.1. The van der Waals surface area contributed by atoms with Crippen LogP contribution in [0.3, 0.4) is 0 Å². The molecule has 0 unspecified atom stereocenters. The Morgan fingerprint density at radius 2 is 2.06 bits per heavy atom. The lowest BCUT2D eigenvalue weighted by Crippen LogP contribution is -1.79. The van der Waals surface area contributed by atoms with Crippen LogP contribution >= 0.6 is 27.3 Å². The number of hydrogen-bond donors (Lipinski definition) is 0. The lowest BCUT2D eigenvalue weighted by molar-refractivity contribution is 0.885. The first-order valence-corrected chi connectivity index (χ1v) is 6.91. The van der Waals surface area contributed by atoms with Gasteiger partial charge in [-0.05, 0) is 24.5 Å². The summed E-state index contributed by atoms with van der Waals surface area (Å²) in [5.41, 5.74) is 2.44. The van der Waals surface area contributed by atoms with Crippen LogP contribution in [-0.4, -0.2) is 4.98 Å². The average Bonchev–Trinajstić information content (AvgIpc) is 2.66. The summed E-state index contributed by atoms with van der Waals surface area (Å²) in [6, 6.07) is 6.38. The van der Waals surface area contributed by atoms with Crippen LogP contribution in [-0.2, 0) is 0 Å². The number of benzene rings is 1. The number of aromatic nitrogens is 1. The SMILES string of the molecule is Cc1ccc(-c2ncc(C(C)C)s2)c(Br)c1. The fourth-order valence-corrected chi connectivity index (χ4v) is 3.24. The Morgan fingerprint density at radius 3 is 2.62 bits per heavy atom. The van der Waals surface area contributed by atoms with Gasteiger partial charge in [0.15, 0.2) is 0 Å². The zero-order chi connectivity index (χ0) is 11.7. The Labute approximate surface area is 109 Å². The minimum atomic E-state index is 0.551. The van der Waals surface area contributed by atoms with Crippen molar-refractivity contribution in [3.8, 4) is 10.6 Å². The molecule has 2 rings (SSSR count). The highest BCUT2D eigenvalue weighted by molar-refractivity contribution is 9.10. The first-order valence-electron chi connectivity index (χ1n) is 5.30. The van der Waals surface area contributed by atoms with E-state index in [1.807, 2.05) is 6.20 Å². The molecule has 0 fully saturated rings. The Bertz CT molecular complexity index is 502. The standard InChI is InChI=1S/C13H14BrNS/c1-8(2)12-7-15-13(16-12)10-5-4-9(3)6-11(10)14/h4-8H,1-3H3. The van der Waals surface area contributed by atoms with Crippen molar-refractivity contribution in [1.82, 2.24) is 4.98 Å². The van der Waals surface area contributed by atoms with E-state index < -0.39 is 0 Å². The molecule has 0 aliphatic carbocycles. The van der Waals surface area contributed by atoms with Gasteiger partial charge in [0.05, 0.1) is 0 Å². The molecule has 1 heterocycles. The van der Waals surface area contributed by atoms with Crippen molar-refractivity contribution in [2.45, 2.75) is 26.7 Å². The van der Waals surface area contributed by atoms with Crippen LogP contribution in [0.1, 0.15) is 30.2 Å². The van der Waals surface area contributed by atoms with Crippen molar-refractivity contribution in [2.75, 3.05) is 0 Å². The van der Waals surface area contributed by atoms with Crippen molar-refractivity contribution < 1.29 is 0 Å². The van der Waals surface area contributed by atoms with Crippen LogP contribution in [0.15, 0.2) is 28.9 Å². The zero-order valence-corrected chi connectivity index (χ0v) is 12.0. The van der Waals surface area contributed by atoms with Gasteiger partial charge in [0.2, 0.25) is 0 Å². The van der Waals surface area contributed by atoms with Gasteiger partial charge in [0.25, 0.3) is 0 Å². The molecule has 0 atom stereocenters. The highest BCUT2D eigenvalue weighted by atomic mass is 79.9. The maximum Gasteiger partial charge on any atom is 0.124 e. The Morgan fingerprint density at radius 1 is 1.31 bits per heavy atom. The summed E-state index contributed by atoms with van der Waals surface area (Å²) in [5.74, 6) is 0.551. The van der Waals surface area contributed by atoms with Crippen molar-refractivity contribution in [3.63, 3.8) is 0 Å². The summed E-state index contributed by atoms with van der Waals surface area (Å²) in [5, 5.41) is 1.09. The molecule has 0 aliphatic heterocycles. The molecule has 1 aromatic heterocycles. The molecule has 0 saturated heterocycles. The zero-order valence-electron chi connectivity index (χ0n) is 9.62. The molecular weight excluding hydrogens is 282 g/mol. The number of halogens is 1. The molecule has 16 heavy (non-hydrogen) atoms. The molecule has 2 aromatic rings. The van der Waals surface area contributed by atoms with Gasteiger partial charge in [0, 0.05) is 21.1 Å². The fourth-order valence-electron chi connectivity index (χ4n) is 1.47. The second-order valence-electron chi connectivity index (χ2n) is 4.21. The maximum absolute atomic E-state index is 4.49. The third-order valence-corrected chi connectivity index (χ3v) is 4.43. The molecule has 0 radical (unpaired) electrons. The molecule has 0 spiro atoms. The molecular formula is C13H14BrNS. The van der Waals surface area contributed by atoms with Crippen LogP contribution in [0.25, 0.3) is 10.6 Å². The lowest BCUT2D eigenvalue weighted by atomic mass is 10.2. The third-order valence-electron chi connectivity index (χ3n) is 2.45. The van der Waals surface area contributed by atoms with E-state index in [2.05, 4.69) is 59.9 Å². The molecule has 0 bridgehead atoms. The van der Waals surface area contributed by atoms with E-state index in [4.69, 9.17) is 0 Å². The summed E-state index contributed by atoms with van der Waals surface area (Å²) in [4.78, 5) is 5.82. The van der Waals surface area contributed by atoms with Gasteiger partial charge in [-0.1, -0.05) is 41.9 Å². The van der Waals surface area contributed by atoms with E-state index in [9.17, 15) is 0 Å². The van der Waals surface area contributed by atoms with Crippen LogP contribution in [0.5, 0.6) is 0 Å². The number of hydrogen-bond acceptors (Lipinski definition) is 2. The molecule has 1 aromatic carbocycles. The summed E-state index contributed by atoms with van der Waals surface area (Å²) in [6.07, 6.45) is 1.98. The third kappa shape index (κ3) is 2.36. The van der Waals surface area contributed by atoms with Crippen molar-refractivity contribution in [1.29, 1.82) is 0 Å². The molecule has 1 nitrogen and oxygen atoms in total. The number of rotatable bonds is 2. The predicted molar refractivity (Wildman–Crippen MR) is 74.1 cm³/mol. The minimum Gasteiger partial charge on any atom is -0.244 e. The quantitative estimate of drug-likeness (QED) is 0.759. The van der Waals surface area contributed by atoms with Gasteiger partial charge in [-0.2, -0.15) is 0 Å². The Kier molecular flexibility index (Phi) is 3.45. The highest BCUT2D eigenvalue weighted by Gasteiger charge is 2.09. The largest absolute Gasteiger partial charge is 0.244 e. The van der Waals surface area contributed by atoms with Crippen LogP contribution in [0.4, 0.5) is 0 Å². The van der Waals surface area contributed by atoms with E-state index in [1.165, 1.54) is 16.0 Å². The van der Waals surface area contributed by atoms with Crippen LogP contribution < -0.4 is 0 Å². The van der Waals surface area contributed by atoms with Gasteiger partial charge < -0.3 is 0 Å². The smallest absolute Gasteiger partial charge is 0.124 e. The predicted octanol–water partition coefficient (Wildman–Crippen LogP) is 5.00. The molecule has 0 amide bonds. The molecule has 84 valence electrons. The molecule has 0 saturated carbocycles.